The average molecular weight is 258 g/mol. The lowest BCUT2D eigenvalue weighted by Crippen LogP contribution is -2.22. The van der Waals surface area contributed by atoms with Gasteiger partial charge >= 0.3 is 0 Å². The molecule has 0 aliphatic heterocycles. The molecule has 0 amide bonds. The van der Waals surface area contributed by atoms with Crippen molar-refractivity contribution in [2.45, 2.75) is 6.54 Å². The maximum Gasteiger partial charge on any atom is 0.269 e. The Labute approximate surface area is 108 Å². The fourth-order valence-electron chi connectivity index (χ4n) is 1.67. The van der Waals surface area contributed by atoms with Gasteiger partial charge in [0.2, 0.25) is 0 Å². The van der Waals surface area contributed by atoms with E-state index < -0.39 is 5.82 Å². The van der Waals surface area contributed by atoms with E-state index in [9.17, 15) is 9.18 Å². The number of nitrogens with one attached hydrogen (secondary N) is 1. The molecule has 0 saturated heterocycles. The van der Waals surface area contributed by atoms with Crippen LogP contribution < -0.4 is 10.9 Å². The average Bonchev–Trinajstić information content (AvgIpc) is 2.40. The summed E-state index contributed by atoms with van der Waals surface area (Å²) in [7, 11) is 1.69. The third kappa shape index (κ3) is 2.96. The second kappa shape index (κ2) is 5.31. The maximum atomic E-state index is 13.3. The molecule has 6 heteroatoms. The predicted molar refractivity (Wildman–Crippen MR) is 68.3 cm³/mol. The van der Waals surface area contributed by atoms with E-state index >= 15 is 0 Å². The molecular formula is C13H11FN4O. The molecule has 1 heterocycles. The lowest BCUT2D eigenvalue weighted by Gasteiger charge is -2.06. The maximum absolute atomic E-state index is 13.3. The lowest BCUT2D eigenvalue weighted by molar-refractivity contribution is 0.610. The Morgan fingerprint density at radius 2 is 2.21 bits per heavy atom. The van der Waals surface area contributed by atoms with Gasteiger partial charge in [0, 0.05) is 13.1 Å². The van der Waals surface area contributed by atoms with Crippen molar-refractivity contribution in [2.24, 2.45) is 0 Å². The highest BCUT2D eigenvalue weighted by atomic mass is 19.1. The molecule has 0 saturated carbocycles. The Morgan fingerprint density at radius 1 is 1.42 bits per heavy atom. The summed E-state index contributed by atoms with van der Waals surface area (Å²) in [6.45, 7) is 0.120. The van der Waals surface area contributed by atoms with Gasteiger partial charge in [0.05, 0.1) is 30.1 Å². The largest absolute Gasteiger partial charge is 0.387 e. The molecule has 0 bridgehead atoms. The summed E-state index contributed by atoms with van der Waals surface area (Å²) >= 11 is 0. The van der Waals surface area contributed by atoms with Crippen LogP contribution in [0.1, 0.15) is 11.1 Å². The Kier molecular flexibility index (Phi) is 3.57. The molecule has 0 spiro atoms. The fraction of sp³-hybridized carbons (Fsp3) is 0.154. The molecule has 1 aromatic carbocycles. The minimum absolute atomic E-state index is 0.120. The highest BCUT2D eigenvalue weighted by Crippen LogP contribution is 2.09. The van der Waals surface area contributed by atoms with Crippen molar-refractivity contribution in [3.05, 3.63) is 57.8 Å². The van der Waals surface area contributed by atoms with Crippen LogP contribution in [0.4, 0.5) is 10.1 Å². The molecule has 0 aliphatic rings. The SMILES string of the molecule is CNc1cnn(Cc2cc(F)cc(C#N)c2)c(=O)c1. The Hall–Kier alpha value is -2.68. The van der Waals surface area contributed by atoms with Crippen molar-refractivity contribution in [1.82, 2.24) is 9.78 Å². The summed E-state index contributed by atoms with van der Waals surface area (Å²) in [5, 5.41) is 15.5. The smallest absolute Gasteiger partial charge is 0.269 e. The molecule has 0 atom stereocenters. The molecule has 0 fully saturated rings. The third-order valence-electron chi connectivity index (χ3n) is 2.58. The van der Waals surface area contributed by atoms with E-state index in [0.717, 1.165) is 6.07 Å². The van der Waals surface area contributed by atoms with Gasteiger partial charge in [0.25, 0.3) is 5.56 Å². The van der Waals surface area contributed by atoms with Crippen LogP contribution in [0.25, 0.3) is 0 Å². The van der Waals surface area contributed by atoms with E-state index in [1.165, 1.54) is 29.1 Å². The van der Waals surface area contributed by atoms with Crippen molar-refractivity contribution in [1.29, 1.82) is 5.26 Å². The van der Waals surface area contributed by atoms with Gasteiger partial charge in [-0.1, -0.05) is 0 Å². The first-order valence-corrected chi connectivity index (χ1v) is 5.57. The van der Waals surface area contributed by atoms with Crippen LogP contribution in [0.5, 0.6) is 0 Å². The second-order valence-corrected chi connectivity index (χ2v) is 3.95. The highest BCUT2D eigenvalue weighted by Gasteiger charge is 2.04. The van der Waals surface area contributed by atoms with Crippen LogP contribution in [0.2, 0.25) is 0 Å². The van der Waals surface area contributed by atoms with Crippen LogP contribution >= 0.6 is 0 Å². The van der Waals surface area contributed by atoms with Crippen molar-refractivity contribution in [3.8, 4) is 6.07 Å². The molecule has 19 heavy (non-hydrogen) atoms. The summed E-state index contributed by atoms with van der Waals surface area (Å²) in [6, 6.07) is 7.22. The van der Waals surface area contributed by atoms with Gasteiger partial charge in [0.15, 0.2) is 0 Å². The number of aromatic nitrogens is 2. The van der Waals surface area contributed by atoms with E-state index in [4.69, 9.17) is 5.26 Å². The Balaban J connectivity index is 2.34. The van der Waals surface area contributed by atoms with Crippen LogP contribution in [0.3, 0.4) is 0 Å². The van der Waals surface area contributed by atoms with Gasteiger partial charge in [0.1, 0.15) is 5.82 Å². The monoisotopic (exact) mass is 258 g/mol. The van der Waals surface area contributed by atoms with Gasteiger partial charge in [-0.15, -0.1) is 0 Å². The van der Waals surface area contributed by atoms with Gasteiger partial charge < -0.3 is 5.32 Å². The molecule has 2 rings (SSSR count). The molecule has 5 nitrogen and oxygen atoms in total. The van der Waals surface area contributed by atoms with Crippen molar-refractivity contribution in [3.63, 3.8) is 0 Å². The highest BCUT2D eigenvalue weighted by molar-refractivity contribution is 5.38. The normalized spacial score (nSPS) is 9.95. The Bertz CT molecular complexity index is 703. The van der Waals surface area contributed by atoms with E-state index in [1.807, 2.05) is 6.07 Å². The molecule has 2 aromatic rings. The van der Waals surface area contributed by atoms with Gasteiger partial charge in [-0.25, -0.2) is 9.07 Å². The molecular weight excluding hydrogens is 247 g/mol. The van der Waals surface area contributed by atoms with Gasteiger partial charge in [-0.3, -0.25) is 4.79 Å². The van der Waals surface area contributed by atoms with Crippen LogP contribution in [0, 0.1) is 17.1 Å². The molecule has 0 aliphatic carbocycles. The van der Waals surface area contributed by atoms with Crippen molar-refractivity contribution >= 4 is 5.69 Å². The zero-order chi connectivity index (χ0) is 13.8. The van der Waals surface area contributed by atoms with Gasteiger partial charge in [-0.05, 0) is 23.8 Å². The van der Waals surface area contributed by atoms with Crippen LogP contribution in [-0.2, 0) is 6.54 Å². The molecule has 0 unspecified atom stereocenters. The first-order valence-electron chi connectivity index (χ1n) is 5.57. The third-order valence-corrected chi connectivity index (χ3v) is 2.58. The summed E-state index contributed by atoms with van der Waals surface area (Å²) in [5.74, 6) is -0.506. The van der Waals surface area contributed by atoms with Crippen LogP contribution in [0.15, 0.2) is 35.3 Å². The number of halogens is 1. The van der Waals surface area contributed by atoms with E-state index in [2.05, 4.69) is 10.4 Å². The Morgan fingerprint density at radius 3 is 2.84 bits per heavy atom. The van der Waals surface area contributed by atoms with E-state index in [-0.39, 0.29) is 17.7 Å². The number of nitriles is 1. The molecule has 96 valence electrons. The van der Waals surface area contributed by atoms with E-state index in [1.54, 1.807) is 7.05 Å². The minimum atomic E-state index is -0.506. The van der Waals surface area contributed by atoms with Gasteiger partial charge in [-0.2, -0.15) is 10.4 Å². The zero-order valence-corrected chi connectivity index (χ0v) is 10.2. The van der Waals surface area contributed by atoms with Crippen molar-refractivity contribution < 1.29 is 4.39 Å². The second-order valence-electron chi connectivity index (χ2n) is 3.95. The summed E-state index contributed by atoms with van der Waals surface area (Å²) in [6.07, 6.45) is 1.51. The summed E-state index contributed by atoms with van der Waals surface area (Å²) in [4.78, 5) is 11.7. The fourth-order valence-corrected chi connectivity index (χ4v) is 1.67. The minimum Gasteiger partial charge on any atom is -0.387 e. The number of hydrogen-bond donors (Lipinski definition) is 1. The predicted octanol–water partition coefficient (Wildman–Crippen LogP) is 1.34. The van der Waals surface area contributed by atoms with Crippen molar-refractivity contribution in [2.75, 3.05) is 12.4 Å². The first-order chi connectivity index (χ1) is 9.12. The summed E-state index contributed by atoms with van der Waals surface area (Å²) in [5.41, 5.74) is 1.05. The lowest BCUT2D eigenvalue weighted by atomic mass is 10.1. The zero-order valence-electron chi connectivity index (χ0n) is 10.2. The number of nitrogens with zero attached hydrogens (tertiary/aromatic N) is 3. The van der Waals surface area contributed by atoms with Crippen LogP contribution in [-0.4, -0.2) is 16.8 Å². The number of hydrogen-bond acceptors (Lipinski definition) is 4. The molecule has 1 aromatic heterocycles. The first kappa shape index (κ1) is 12.8. The summed E-state index contributed by atoms with van der Waals surface area (Å²) < 4.78 is 14.5. The number of benzene rings is 1. The number of anilines is 1. The van der Waals surface area contributed by atoms with E-state index in [0.29, 0.717) is 11.3 Å². The molecule has 0 radical (unpaired) electrons. The quantitative estimate of drug-likeness (QED) is 0.902. The topological polar surface area (TPSA) is 70.7 Å². The molecule has 1 N–H and O–H groups in total. The standard InChI is InChI=1S/C13H11FN4O/c1-16-12-5-13(19)18(17-7-12)8-10-2-9(6-15)3-11(14)4-10/h2-5,7,16H,8H2,1H3. The number of rotatable bonds is 3.